The number of sulfonamides is 1. The molecule has 25 heavy (non-hydrogen) atoms. The van der Waals surface area contributed by atoms with Gasteiger partial charge in [-0.25, -0.2) is 17.5 Å². The zero-order valence-electron chi connectivity index (χ0n) is 14.5. The van der Waals surface area contributed by atoms with Gasteiger partial charge in [0, 0.05) is 6.54 Å². The molecule has 0 aliphatic carbocycles. The predicted molar refractivity (Wildman–Crippen MR) is 94.6 cm³/mol. The summed E-state index contributed by atoms with van der Waals surface area (Å²) in [7, 11) is -2.01. The first kappa shape index (κ1) is 19.2. The van der Waals surface area contributed by atoms with Crippen LogP contribution in [0.25, 0.3) is 0 Å². The summed E-state index contributed by atoms with van der Waals surface area (Å²) in [4.78, 5) is 0. The summed E-state index contributed by atoms with van der Waals surface area (Å²) in [5.74, 6) is 0.545. The number of halogens is 1. The molecule has 2 aromatic rings. The highest BCUT2D eigenvalue weighted by molar-refractivity contribution is 7.88. The van der Waals surface area contributed by atoms with Gasteiger partial charge in [0.1, 0.15) is 5.82 Å². The topological polar surface area (TPSA) is 64.6 Å². The van der Waals surface area contributed by atoms with Crippen molar-refractivity contribution in [2.75, 3.05) is 7.11 Å². The smallest absolute Gasteiger partial charge is 0.216 e. The van der Waals surface area contributed by atoms with Gasteiger partial charge in [0.2, 0.25) is 10.0 Å². The predicted octanol–water partition coefficient (Wildman–Crippen LogP) is 3.24. The van der Waals surface area contributed by atoms with Gasteiger partial charge in [-0.3, -0.25) is 0 Å². The van der Waals surface area contributed by atoms with Crippen LogP contribution in [0.5, 0.6) is 11.5 Å². The van der Waals surface area contributed by atoms with E-state index in [0.717, 1.165) is 5.56 Å². The van der Waals surface area contributed by atoms with Crippen LogP contribution in [0.3, 0.4) is 0 Å². The maximum absolute atomic E-state index is 12.9. The highest BCUT2D eigenvalue weighted by atomic mass is 32.2. The summed E-state index contributed by atoms with van der Waals surface area (Å²) >= 11 is 0. The quantitative estimate of drug-likeness (QED) is 0.778. The van der Waals surface area contributed by atoms with Crippen molar-refractivity contribution >= 4 is 10.0 Å². The first-order valence-electron chi connectivity index (χ1n) is 7.84. The summed E-state index contributed by atoms with van der Waals surface area (Å²) in [6.45, 7) is 3.95. The number of ether oxygens (including phenoxy) is 2. The van der Waals surface area contributed by atoms with E-state index in [9.17, 15) is 12.8 Å². The van der Waals surface area contributed by atoms with Gasteiger partial charge in [-0.15, -0.1) is 0 Å². The molecule has 1 N–H and O–H groups in total. The van der Waals surface area contributed by atoms with Crippen molar-refractivity contribution in [3.05, 3.63) is 59.4 Å². The molecule has 5 nitrogen and oxygen atoms in total. The summed E-state index contributed by atoms with van der Waals surface area (Å²) < 4.78 is 50.7. The fraction of sp³-hybridized carbons (Fsp3) is 0.333. The Hall–Kier alpha value is -2.12. The van der Waals surface area contributed by atoms with E-state index in [4.69, 9.17) is 9.47 Å². The van der Waals surface area contributed by atoms with Gasteiger partial charge in [-0.05, 0) is 49.2 Å². The molecule has 0 saturated heterocycles. The van der Waals surface area contributed by atoms with Gasteiger partial charge >= 0.3 is 0 Å². The Morgan fingerprint density at radius 2 is 1.68 bits per heavy atom. The van der Waals surface area contributed by atoms with Crippen molar-refractivity contribution in [3.8, 4) is 11.5 Å². The number of benzene rings is 2. The Morgan fingerprint density at radius 1 is 1.04 bits per heavy atom. The number of hydrogen-bond donors (Lipinski definition) is 1. The molecule has 0 heterocycles. The Bertz CT molecular complexity index is 804. The fourth-order valence-corrected chi connectivity index (χ4v) is 3.34. The number of rotatable bonds is 8. The lowest BCUT2D eigenvalue weighted by atomic mass is 10.2. The molecule has 0 unspecified atom stereocenters. The third-order valence-corrected chi connectivity index (χ3v) is 4.65. The van der Waals surface area contributed by atoms with Crippen LogP contribution < -0.4 is 14.2 Å². The molecule has 0 bridgehead atoms. The summed E-state index contributed by atoms with van der Waals surface area (Å²) in [6.07, 6.45) is 0.00830. The maximum atomic E-state index is 12.9. The number of nitrogens with one attached hydrogen (secondary N) is 1. The van der Waals surface area contributed by atoms with Crippen molar-refractivity contribution in [3.63, 3.8) is 0 Å². The summed E-state index contributed by atoms with van der Waals surface area (Å²) in [6, 6.07) is 10.7. The largest absolute Gasteiger partial charge is 0.493 e. The van der Waals surface area contributed by atoms with Gasteiger partial charge in [0.05, 0.1) is 19.0 Å². The molecule has 0 fully saturated rings. The van der Waals surface area contributed by atoms with Crippen molar-refractivity contribution < 1.29 is 22.3 Å². The van der Waals surface area contributed by atoms with E-state index in [1.807, 2.05) is 13.8 Å². The van der Waals surface area contributed by atoms with E-state index in [1.54, 1.807) is 18.2 Å². The Balaban J connectivity index is 2.03. The minimum absolute atomic E-state index is 0.00830. The zero-order chi connectivity index (χ0) is 18.4. The molecule has 7 heteroatoms. The van der Waals surface area contributed by atoms with Gasteiger partial charge in [-0.1, -0.05) is 18.2 Å². The van der Waals surface area contributed by atoms with E-state index in [-0.39, 0.29) is 18.4 Å². The monoisotopic (exact) mass is 367 g/mol. The lowest BCUT2D eigenvalue weighted by Crippen LogP contribution is -2.24. The summed E-state index contributed by atoms with van der Waals surface area (Å²) in [5.41, 5.74) is 1.27. The van der Waals surface area contributed by atoms with Crippen LogP contribution in [0.15, 0.2) is 42.5 Å². The molecule has 0 atom stereocenters. The molecule has 136 valence electrons. The van der Waals surface area contributed by atoms with E-state index in [1.165, 1.54) is 31.4 Å². The first-order valence-corrected chi connectivity index (χ1v) is 9.49. The normalized spacial score (nSPS) is 11.6. The van der Waals surface area contributed by atoms with Gasteiger partial charge in [-0.2, -0.15) is 0 Å². The minimum atomic E-state index is -3.54. The Kier molecular flexibility index (Phi) is 6.39. The molecular weight excluding hydrogens is 345 g/mol. The van der Waals surface area contributed by atoms with E-state index in [2.05, 4.69) is 4.72 Å². The molecule has 0 aliphatic heterocycles. The van der Waals surface area contributed by atoms with Gasteiger partial charge < -0.3 is 9.47 Å². The SMILES string of the molecule is COc1cc(CNS(=O)(=O)Cc2ccc(F)cc2)ccc1OC(C)C. The standard InChI is InChI=1S/C18H22FNO4S/c1-13(2)24-17-9-6-15(10-18(17)23-3)11-20-25(21,22)12-14-4-7-16(19)8-5-14/h4-10,13,20H,11-12H2,1-3H3. The zero-order valence-corrected chi connectivity index (χ0v) is 15.3. The van der Waals surface area contributed by atoms with Gasteiger partial charge in [0.15, 0.2) is 11.5 Å². The number of methoxy groups -OCH3 is 1. The lowest BCUT2D eigenvalue weighted by molar-refractivity contribution is 0.230. The van der Waals surface area contributed by atoms with Crippen LogP contribution >= 0.6 is 0 Å². The summed E-state index contributed by atoms with van der Waals surface area (Å²) in [5, 5.41) is 0. The van der Waals surface area contributed by atoms with Crippen LogP contribution in [-0.2, 0) is 22.3 Å². The van der Waals surface area contributed by atoms with Gasteiger partial charge in [0.25, 0.3) is 0 Å². The van der Waals surface area contributed by atoms with Crippen molar-refractivity contribution in [2.24, 2.45) is 0 Å². The Morgan fingerprint density at radius 3 is 2.28 bits per heavy atom. The molecule has 2 aromatic carbocycles. The molecule has 0 aliphatic rings. The van der Waals surface area contributed by atoms with E-state index in [0.29, 0.717) is 17.1 Å². The third-order valence-electron chi connectivity index (χ3n) is 3.36. The van der Waals surface area contributed by atoms with Crippen molar-refractivity contribution in [1.82, 2.24) is 4.72 Å². The third kappa shape index (κ3) is 6.03. The maximum Gasteiger partial charge on any atom is 0.216 e. The van der Waals surface area contributed by atoms with Crippen LogP contribution in [-0.4, -0.2) is 21.6 Å². The first-order chi connectivity index (χ1) is 11.8. The molecular formula is C18H22FNO4S. The van der Waals surface area contributed by atoms with E-state index >= 15 is 0 Å². The second kappa shape index (κ2) is 8.31. The molecule has 2 rings (SSSR count). The lowest BCUT2D eigenvalue weighted by Gasteiger charge is -2.15. The molecule has 0 radical (unpaired) electrons. The van der Waals surface area contributed by atoms with Crippen LogP contribution in [0.1, 0.15) is 25.0 Å². The molecule has 0 saturated carbocycles. The number of hydrogen-bond acceptors (Lipinski definition) is 4. The molecule has 0 aromatic heterocycles. The second-order valence-electron chi connectivity index (χ2n) is 5.86. The highest BCUT2D eigenvalue weighted by Crippen LogP contribution is 2.29. The average molecular weight is 367 g/mol. The average Bonchev–Trinajstić information content (AvgIpc) is 2.55. The van der Waals surface area contributed by atoms with Crippen molar-refractivity contribution in [1.29, 1.82) is 0 Å². The molecule has 0 amide bonds. The van der Waals surface area contributed by atoms with Crippen LogP contribution in [0.2, 0.25) is 0 Å². The minimum Gasteiger partial charge on any atom is -0.493 e. The fourth-order valence-electron chi connectivity index (χ4n) is 2.22. The van der Waals surface area contributed by atoms with E-state index < -0.39 is 15.8 Å². The molecule has 0 spiro atoms. The van der Waals surface area contributed by atoms with Crippen LogP contribution in [0, 0.1) is 5.82 Å². The second-order valence-corrected chi connectivity index (χ2v) is 7.67. The Labute approximate surface area is 147 Å². The van der Waals surface area contributed by atoms with Crippen LogP contribution in [0.4, 0.5) is 4.39 Å². The van der Waals surface area contributed by atoms with Crippen molar-refractivity contribution in [2.45, 2.75) is 32.2 Å². The highest BCUT2D eigenvalue weighted by Gasteiger charge is 2.13.